The van der Waals surface area contributed by atoms with Gasteiger partial charge >= 0.3 is 0 Å². The summed E-state index contributed by atoms with van der Waals surface area (Å²) in [5.74, 6) is -0.420. The highest BCUT2D eigenvalue weighted by Crippen LogP contribution is 2.12. The Morgan fingerprint density at radius 2 is 1.54 bits per heavy atom. The minimum absolute atomic E-state index is 0.100. The third kappa shape index (κ3) is 5.74. The van der Waals surface area contributed by atoms with Crippen molar-refractivity contribution in [1.29, 1.82) is 0 Å². The Morgan fingerprint density at radius 1 is 0.964 bits per heavy atom. The summed E-state index contributed by atoms with van der Waals surface area (Å²) in [6.45, 7) is 5.49. The Balaban J connectivity index is 1.42. The van der Waals surface area contributed by atoms with Gasteiger partial charge in [0.1, 0.15) is 5.82 Å². The van der Waals surface area contributed by atoms with E-state index in [0.29, 0.717) is 17.3 Å². The average Bonchev–Trinajstić information content (AvgIpc) is 2.71. The number of anilines is 2. The summed E-state index contributed by atoms with van der Waals surface area (Å²) in [5.41, 5.74) is 2.89. The number of hydrogen-bond donors (Lipinski definition) is 2. The monoisotopic (exact) mass is 400 g/mol. The van der Waals surface area contributed by atoms with Gasteiger partial charge in [0.2, 0.25) is 5.91 Å². The molecule has 1 amide bonds. The molecule has 1 heterocycles. The quantitative estimate of drug-likeness (QED) is 0.754. The summed E-state index contributed by atoms with van der Waals surface area (Å²) in [5, 5.41) is 6.79. The number of nitrogens with zero attached hydrogens (tertiary/aromatic N) is 2. The van der Waals surface area contributed by atoms with Crippen molar-refractivity contribution in [2.45, 2.75) is 13.3 Å². The van der Waals surface area contributed by atoms with E-state index in [1.807, 2.05) is 12.1 Å². The molecular weight excluding hydrogens is 375 g/mol. The molecule has 0 aromatic heterocycles. The molecule has 2 N–H and O–H groups in total. The van der Waals surface area contributed by atoms with Gasteiger partial charge in [-0.1, -0.05) is 19.1 Å². The van der Waals surface area contributed by atoms with Crippen LogP contribution in [0.4, 0.5) is 15.8 Å². The second-order valence-electron chi connectivity index (χ2n) is 6.80. The van der Waals surface area contributed by atoms with Gasteiger partial charge in [-0.3, -0.25) is 9.69 Å². The summed E-state index contributed by atoms with van der Waals surface area (Å²) in [6, 6.07) is 14.1. The molecule has 1 aliphatic rings. The first-order valence-corrected chi connectivity index (χ1v) is 9.87. The van der Waals surface area contributed by atoms with Crippen LogP contribution in [0.25, 0.3) is 0 Å². The molecule has 0 unspecified atom stereocenters. The van der Waals surface area contributed by atoms with Crippen LogP contribution in [0.15, 0.2) is 48.5 Å². The molecule has 0 atom stereocenters. The number of halogens is 1. The molecule has 0 aliphatic carbocycles. The van der Waals surface area contributed by atoms with E-state index < -0.39 is 0 Å². The molecular formula is C21H25FN4OS. The van der Waals surface area contributed by atoms with Crippen LogP contribution >= 0.6 is 12.2 Å². The Bertz CT molecular complexity index is 802. The molecule has 0 saturated carbocycles. The summed E-state index contributed by atoms with van der Waals surface area (Å²) in [4.78, 5) is 16.4. The van der Waals surface area contributed by atoms with Gasteiger partial charge in [-0.15, -0.1) is 0 Å². The van der Waals surface area contributed by atoms with E-state index in [0.717, 1.165) is 38.3 Å². The van der Waals surface area contributed by atoms with Crippen LogP contribution in [0.3, 0.4) is 0 Å². The number of thiocarbonyl (C=S) groups is 1. The summed E-state index contributed by atoms with van der Waals surface area (Å²) in [6.07, 6.45) is 1.02. The molecule has 0 bridgehead atoms. The number of amides is 1. The number of hydrogen-bond acceptors (Lipinski definition) is 3. The number of piperazine rings is 1. The second kappa shape index (κ2) is 9.61. The SMILES string of the molecule is CCc1ccc(NC(=S)N2CCN(CC(=O)Nc3ccc(F)cc3)CC2)cc1. The molecule has 0 radical (unpaired) electrons. The lowest BCUT2D eigenvalue weighted by Gasteiger charge is -2.35. The maximum absolute atomic E-state index is 12.9. The average molecular weight is 401 g/mol. The largest absolute Gasteiger partial charge is 0.346 e. The van der Waals surface area contributed by atoms with E-state index in [1.165, 1.54) is 17.7 Å². The lowest BCUT2D eigenvalue weighted by atomic mass is 10.1. The number of rotatable bonds is 5. The van der Waals surface area contributed by atoms with Crippen LogP contribution in [-0.2, 0) is 11.2 Å². The van der Waals surface area contributed by atoms with Crippen molar-refractivity contribution in [2.24, 2.45) is 0 Å². The van der Waals surface area contributed by atoms with Crippen molar-refractivity contribution < 1.29 is 9.18 Å². The van der Waals surface area contributed by atoms with Crippen molar-refractivity contribution in [2.75, 3.05) is 43.4 Å². The number of carbonyl (C=O) groups is 1. The molecule has 28 heavy (non-hydrogen) atoms. The van der Waals surface area contributed by atoms with Crippen molar-refractivity contribution >= 4 is 34.6 Å². The summed E-state index contributed by atoms with van der Waals surface area (Å²) >= 11 is 5.53. The Morgan fingerprint density at radius 3 is 2.14 bits per heavy atom. The van der Waals surface area contributed by atoms with Crippen molar-refractivity contribution in [3.8, 4) is 0 Å². The molecule has 3 rings (SSSR count). The summed E-state index contributed by atoms with van der Waals surface area (Å²) in [7, 11) is 0. The van der Waals surface area contributed by atoms with Gasteiger partial charge in [-0.25, -0.2) is 4.39 Å². The first-order valence-electron chi connectivity index (χ1n) is 9.46. The van der Waals surface area contributed by atoms with E-state index >= 15 is 0 Å². The normalized spacial score (nSPS) is 14.6. The van der Waals surface area contributed by atoms with Crippen molar-refractivity contribution in [3.63, 3.8) is 0 Å². The molecule has 5 nitrogen and oxygen atoms in total. The third-order valence-electron chi connectivity index (χ3n) is 4.77. The second-order valence-corrected chi connectivity index (χ2v) is 7.19. The molecule has 2 aromatic rings. The van der Waals surface area contributed by atoms with Crippen LogP contribution in [0.5, 0.6) is 0 Å². The smallest absolute Gasteiger partial charge is 0.238 e. The minimum Gasteiger partial charge on any atom is -0.346 e. The molecule has 148 valence electrons. The van der Waals surface area contributed by atoms with Crippen molar-refractivity contribution in [3.05, 3.63) is 59.9 Å². The van der Waals surface area contributed by atoms with Crippen LogP contribution < -0.4 is 10.6 Å². The maximum Gasteiger partial charge on any atom is 0.238 e. The van der Waals surface area contributed by atoms with Gasteiger partial charge in [0, 0.05) is 37.6 Å². The molecule has 0 spiro atoms. The highest BCUT2D eigenvalue weighted by atomic mass is 32.1. The standard InChI is InChI=1S/C21H25FN4OS/c1-2-16-3-7-19(8-4-16)24-21(28)26-13-11-25(12-14-26)15-20(27)23-18-9-5-17(22)6-10-18/h3-10H,2,11-15H2,1H3,(H,23,27)(H,24,28). The van der Waals surface area contributed by atoms with Gasteiger partial charge in [0.05, 0.1) is 6.54 Å². The van der Waals surface area contributed by atoms with E-state index in [9.17, 15) is 9.18 Å². The van der Waals surface area contributed by atoms with Crippen molar-refractivity contribution in [1.82, 2.24) is 9.80 Å². The molecule has 7 heteroatoms. The van der Waals surface area contributed by atoms with Gasteiger partial charge in [0.15, 0.2) is 5.11 Å². The van der Waals surface area contributed by atoms with Crippen LogP contribution in [-0.4, -0.2) is 53.5 Å². The fourth-order valence-corrected chi connectivity index (χ4v) is 3.37. The zero-order valence-corrected chi connectivity index (χ0v) is 16.8. The van der Waals surface area contributed by atoms with Gasteiger partial charge in [0.25, 0.3) is 0 Å². The summed E-state index contributed by atoms with van der Waals surface area (Å²) < 4.78 is 12.9. The van der Waals surface area contributed by atoms with E-state index in [1.54, 1.807) is 12.1 Å². The number of aryl methyl sites for hydroxylation is 1. The van der Waals surface area contributed by atoms with Crippen LogP contribution in [0.1, 0.15) is 12.5 Å². The fraction of sp³-hybridized carbons (Fsp3) is 0.333. The molecule has 1 aliphatic heterocycles. The zero-order valence-electron chi connectivity index (χ0n) is 16.0. The molecule has 2 aromatic carbocycles. The predicted molar refractivity (Wildman–Crippen MR) is 115 cm³/mol. The highest BCUT2D eigenvalue weighted by molar-refractivity contribution is 7.80. The van der Waals surface area contributed by atoms with Gasteiger partial charge in [-0.2, -0.15) is 0 Å². The van der Waals surface area contributed by atoms with E-state index in [-0.39, 0.29) is 11.7 Å². The lowest BCUT2D eigenvalue weighted by molar-refractivity contribution is -0.117. The van der Waals surface area contributed by atoms with Crippen LogP contribution in [0.2, 0.25) is 0 Å². The molecule has 1 fully saturated rings. The van der Waals surface area contributed by atoms with E-state index in [2.05, 4.69) is 39.5 Å². The maximum atomic E-state index is 12.9. The number of benzene rings is 2. The first kappa shape index (κ1) is 20.2. The highest BCUT2D eigenvalue weighted by Gasteiger charge is 2.20. The number of nitrogens with one attached hydrogen (secondary N) is 2. The third-order valence-corrected chi connectivity index (χ3v) is 5.13. The fourth-order valence-electron chi connectivity index (χ4n) is 3.07. The predicted octanol–water partition coefficient (Wildman–Crippen LogP) is 3.34. The Hall–Kier alpha value is -2.51. The molecule has 1 saturated heterocycles. The Labute approximate surface area is 170 Å². The lowest BCUT2D eigenvalue weighted by Crippen LogP contribution is -2.51. The minimum atomic E-state index is -0.319. The van der Waals surface area contributed by atoms with Gasteiger partial charge in [-0.05, 0) is 60.6 Å². The van der Waals surface area contributed by atoms with Crippen LogP contribution in [0, 0.1) is 5.82 Å². The zero-order chi connectivity index (χ0) is 19.9. The first-order chi connectivity index (χ1) is 13.5. The number of carbonyl (C=O) groups excluding carboxylic acids is 1. The Kier molecular flexibility index (Phi) is 6.95. The topological polar surface area (TPSA) is 47.6 Å². The van der Waals surface area contributed by atoms with Gasteiger partial charge < -0.3 is 15.5 Å². The van der Waals surface area contributed by atoms with E-state index in [4.69, 9.17) is 12.2 Å².